The summed E-state index contributed by atoms with van der Waals surface area (Å²) in [4.78, 5) is 14.0. The van der Waals surface area contributed by atoms with E-state index in [9.17, 15) is 0 Å². The Hall–Kier alpha value is -1.69. The van der Waals surface area contributed by atoms with Crippen molar-refractivity contribution in [2.45, 2.75) is 20.3 Å². The molecule has 1 saturated heterocycles. The number of hydrogen-bond acceptors (Lipinski definition) is 5. The maximum atomic E-state index is 4.65. The minimum absolute atomic E-state index is 0.812. The van der Waals surface area contributed by atoms with Gasteiger partial charge in [0.05, 0.1) is 11.6 Å². The molecule has 1 fully saturated rings. The monoisotopic (exact) mass is 274 g/mol. The molecule has 1 aliphatic rings. The first-order valence-corrected chi connectivity index (χ1v) is 7.32. The van der Waals surface area contributed by atoms with E-state index in [4.69, 9.17) is 0 Å². The molecular weight excluding hydrogens is 252 g/mol. The average molecular weight is 274 g/mol. The first-order valence-electron chi connectivity index (χ1n) is 7.32. The third-order valence-corrected chi connectivity index (χ3v) is 3.90. The molecule has 0 spiro atoms. The Morgan fingerprint density at radius 3 is 2.60 bits per heavy atom. The second-order valence-electron chi connectivity index (χ2n) is 5.43. The maximum absolute atomic E-state index is 4.65. The van der Waals surface area contributed by atoms with E-state index in [0.717, 1.165) is 48.9 Å². The standard InChI is InChI=1S/C14H22N6/c1-4-5-19-6-8-20(9-7-19)14-12-10-15-18(3)13(12)16-11(2)17-14/h10H,4-9H2,1-3H3. The van der Waals surface area contributed by atoms with Crippen LogP contribution in [-0.4, -0.2) is 57.4 Å². The summed E-state index contributed by atoms with van der Waals surface area (Å²) in [5.41, 5.74) is 0.920. The van der Waals surface area contributed by atoms with Gasteiger partial charge in [-0.25, -0.2) is 9.97 Å². The molecule has 2 aromatic heterocycles. The smallest absolute Gasteiger partial charge is 0.163 e. The van der Waals surface area contributed by atoms with Crippen LogP contribution in [0.25, 0.3) is 11.0 Å². The first-order chi connectivity index (χ1) is 9.69. The van der Waals surface area contributed by atoms with E-state index < -0.39 is 0 Å². The van der Waals surface area contributed by atoms with Gasteiger partial charge in [-0.05, 0) is 19.9 Å². The Morgan fingerprint density at radius 1 is 1.15 bits per heavy atom. The number of rotatable bonds is 3. The molecule has 0 radical (unpaired) electrons. The third kappa shape index (κ3) is 2.35. The van der Waals surface area contributed by atoms with Crippen molar-refractivity contribution in [3.8, 4) is 0 Å². The van der Waals surface area contributed by atoms with Gasteiger partial charge in [0.15, 0.2) is 5.65 Å². The number of fused-ring (bicyclic) bond motifs is 1. The Kier molecular flexibility index (Phi) is 3.56. The van der Waals surface area contributed by atoms with Gasteiger partial charge in [-0.1, -0.05) is 6.92 Å². The second kappa shape index (κ2) is 5.36. The number of aromatic nitrogens is 4. The lowest BCUT2D eigenvalue weighted by molar-refractivity contribution is 0.258. The highest BCUT2D eigenvalue weighted by Gasteiger charge is 2.21. The summed E-state index contributed by atoms with van der Waals surface area (Å²) in [6.07, 6.45) is 3.10. The Balaban J connectivity index is 1.87. The highest BCUT2D eigenvalue weighted by atomic mass is 15.3. The van der Waals surface area contributed by atoms with Crippen LogP contribution >= 0.6 is 0 Å². The number of nitrogens with zero attached hydrogens (tertiary/aromatic N) is 6. The predicted octanol–water partition coefficient (Wildman–Crippen LogP) is 1.20. The first kappa shape index (κ1) is 13.3. The van der Waals surface area contributed by atoms with Gasteiger partial charge in [-0.2, -0.15) is 5.10 Å². The molecule has 0 atom stereocenters. The van der Waals surface area contributed by atoms with Crippen molar-refractivity contribution in [1.82, 2.24) is 24.6 Å². The van der Waals surface area contributed by atoms with Crippen molar-refractivity contribution in [2.75, 3.05) is 37.6 Å². The van der Waals surface area contributed by atoms with E-state index in [-0.39, 0.29) is 0 Å². The molecule has 0 amide bonds. The van der Waals surface area contributed by atoms with Gasteiger partial charge in [0.25, 0.3) is 0 Å². The summed E-state index contributed by atoms with van der Waals surface area (Å²) in [6, 6.07) is 0. The molecule has 0 aromatic carbocycles. The summed E-state index contributed by atoms with van der Waals surface area (Å²) in [7, 11) is 1.93. The van der Waals surface area contributed by atoms with Crippen molar-refractivity contribution in [3.05, 3.63) is 12.0 Å². The van der Waals surface area contributed by atoms with Crippen LogP contribution in [0.15, 0.2) is 6.20 Å². The lowest BCUT2D eigenvalue weighted by Gasteiger charge is -2.35. The van der Waals surface area contributed by atoms with Crippen molar-refractivity contribution in [2.24, 2.45) is 7.05 Å². The van der Waals surface area contributed by atoms with Crippen molar-refractivity contribution >= 4 is 16.9 Å². The summed E-state index contributed by atoms with van der Waals surface area (Å²) in [5.74, 6) is 1.85. The molecule has 6 nitrogen and oxygen atoms in total. The summed E-state index contributed by atoms with van der Waals surface area (Å²) < 4.78 is 1.82. The lowest BCUT2D eigenvalue weighted by Crippen LogP contribution is -2.47. The number of anilines is 1. The van der Waals surface area contributed by atoms with Crippen LogP contribution in [0.4, 0.5) is 5.82 Å². The van der Waals surface area contributed by atoms with Crippen LogP contribution in [0, 0.1) is 6.92 Å². The van der Waals surface area contributed by atoms with Crippen molar-refractivity contribution in [1.29, 1.82) is 0 Å². The van der Waals surface area contributed by atoms with Gasteiger partial charge in [0.1, 0.15) is 11.6 Å². The van der Waals surface area contributed by atoms with Crippen molar-refractivity contribution in [3.63, 3.8) is 0 Å². The van der Waals surface area contributed by atoms with Gasteiger partial charge in [-0.15, -0.1) is 0 Å². The fourth-order valence-electron chi connectivity index (χ4n) is 2.85. The van der Waals surface area contributed by atoms with Crippen LogP contribution in [-0.2, 0) is 7.05 Å². The topological polar surface area (TPSA) is 50.1 Å². The predicted molar refractivity (Wildman–Crippen MR) is 80.0 cm³/mol. The van der Waals surface area contributed by atoms with E-state index >= 15 is 0 Å². The zero-order chi connectivity index (χ0) is 14.1. The number of hydrogen-bond donors (Lipinski definition) is 0. The largest absolute Gasteiger partial charge is 0.353 e. The molecule has 3 rings (SSSR count). The summed E-state index contributed by atoms with van der Waals surface area (Å²) in [5, 5.41) is 5.37. The normalized spacial score (nSPS) is 17.1. The van der Waals surface area contributed by atoms with E-state index in [2.05, 4.69) is 31.8 Å². The molecule has 0 unspecified atom stereocenters. The molecule has 20 heavy (non-hydrogen) atoms. The SMILES string of the molecule is CCCN1CCN(c2nc(C)nc3c2cnn3C)CC1. The lowest BCUT2D eigenvalue weighted by atomic mass is 10.2. The van der Waals surface area contributed by atoms with Crippen LogP contribution in [0.3, 0.4) is 0 Å². The van der Waals surface area contributed by atoms with E-state index in [1.807, 2.05) is 24.9 Å². The molecule has 6 heteroatoms. The number of aryl methyl sites for hydroxylation is 2. The molecule has 0 N–H and O–H groups in total. The molecular formula is C14H22N6. The quantitative estimate of drug-likeness (QED) is 0.842. The van der Waals surface area contributed by atoms with Crippen molar-refractivity contribution < 1.29 is 0 Å². The minimum Gasteiger partial charge on any atom is -0.353 e. The highest BCUT2D eigenvalue weighted by molar-refractivity contribution is 5.87. The average Bonchev–Trinajstić information content (AvgIpc) is 2.81. The van der Waals surface area contributed by atoms with Gasteiger partial charge in [0, 0.05) is 33.2 Å². The highest BCUT2D eigenvalue weighted by Crippen LogP contribution is 2.24. The van der Waals surface area contributed by atoms with Gasteiger partial charge in [-0.3, -0.25) is 9.58 Å². The molecule has 0 bridgehead atoms. The van der Waals surface area contributed by atoms with Gasteiger partial charge >= 0.3 is 0 Å². The minimum atomic E-state index is 0.812. The fraction of sp³-hybridized carbons (Fsp3) is 0.643. The van der Waals surface area contributed by atoms with Crippen LogP contribution in [0.2, 0.25) is 0 Å². The van der Waals surface area contributed by atoms with E-state index in [1.54, 1.807) is 0 Å². The molecule has 0 saturated carbocycles. The summed E-state index contributed by atoms with van der Waals surface area (Å²) in [6.45, 7) is 9.65. The van der Waals surface area contributed by atoms with E-state index in [0.29, 0.717) is 0 Å². The fourth-order valence-corrected chi connectivity index (χ4v) is 2.85. The van der Waals surface area contributed by atoms with Gasteiger partial charge < -0.3 is 4.90 Å². The molecule has 3 heterocycles. The molecule has 1 aliphatic heterocycles. The maximum Gasteiger partial charge on any atom is 0.163 e. The third-order valence-electron chi connectivity index (χ3n) is 3.90. The Morgan fingerprint density at radius 2 is 1.90 bits per heavy atom. The second-order valence-corrected chi connectivity index (χ2v) is 5.43. The zero-order valence-electron chi connectivity index (χ0n) is 12.5. The van der Waals surface area contributed by atoms with Crippen LogP contribution in [0.5, 0.6) is 0 Å². The van der Waals surface area contributed by atoms with Crippen LogP contribution in [0.1, 0.15) is 19.2 Å². The zero-order valence-corrected chi connectivity index (χ0v) is 12.5. The van der Waals surface area contributed by atoms with E-state index in [1.165, 1.54) is 13.0 Å². The molecule has 2 aromatic rings. The molecule has 108 valence electrons. The Bertz CT molecular complexity index is 597. The number of piperazine rings is 1. The van der Waals surface area contributed by atoms with Crippen LogP contribution < -0.4 is 4.90 Å². The van der Waals surface area contributed by atoms with Gasteiger partial charge in [0.2, 0.25) is 0 Å². The Labute approximate surface area is 119 Å². The summed E-state index contributed by atoms with van der Waals surface area (Å²) >= 11 is 0. The molecule has 0 aliphatic carbocycles.